The molecule has 0 radical (unpaired) electrons. The van der Waals surface area contributed by atoms with Crippen LogP contribution in [-0.4, -0.2) is 34.9 Å². The number of carbonyl (C=O) groups is 2. The third-order valence-electron chi connectivity index (χ3n) is 5.01. The summed E-state index contributed by atoms with van der Waals surface area (Å²) in [5, 5.41) is 9.18. The summed E-state index contributed by atoms with van der Waals surface area (Å²) >= 11 is 0. The number of rotatable bonds is 6. The molecule has 9 heteroatoms. The summed E-state index contributed by atoms with van der Waals surface area (Å²) < 4.78 is 5.66. The fraction of sp³-hybridized carbons (Fsp3) is 0.167. The Labute approximate surface area is 191 Å². The van der Waals surface area contributed by atoms with Crippen LogP contribution in [0, 0.1) is 6.92 Å². The van der Waals surface area contributed by atoms with Gasteiger partial charge in [0.05, 0.1) is 12.2 Å². The molecule has 2 aromatic carbocycles. The maximum atomic E-state index is 12.0. The molecule has 0 bridgehead atoms. The average molecular weight is 444 g/mol. The molecule has 4 rings (SSSR count). The van der Waals surface area contributed by atoms with Gasteiger partial charge in [0.15, 0.2) is 0 Å². The molecular formula is C24H24N6O3. The molecule has 1 aromatic heterocycles. The van der Waals surface area contributed by atoms with Crippen LogP contribution in [0.25, 0.3) is 0 Å². The zero-order valence-corrected chi connectivity index (χ0v) is 18.4. The molecule has 3 N–H and O–H groups in total. The molecule has 1 aliphatic rings. The first-order valence-corrected chi connectivity index (χ1v) is 10.4. The predicted octanol–water partition coefficient (Wildman–Crippen LogP) is 4.14. The van der Waals surface area contributed by atoms with Crippen molar-refractivity contribution >= 4 is 46.3 Å². The lowest BCUT2D eigenvalue weighted by Gasteiger charge is -2.29. The summed E-state index contributed by atoms with van der Waals surface area (Å²) in [5.41, 5.74) is 3.69. The Morgan fingerprint density at radius 3 is 2.70 bits per heavy atom. The van der Waals surface area contributed by atoms with Gasteiger partial charge in [-0.05, 0) is 49.4 Å². The molecule has 0 atom stereocenters. The van der Waals surface area contributed by atoms with Crippen molar-refractivity contribution in [1.82, 2.24) is 9.97 Å². The highest BCUT2D eigenvalue weighted by atomic mass is 16.5. The largest absolute Gasteiger partial charge is 0.490 e. The van der Waals surface area contributed by atoms with Gasteiger partial charge < -0.3 is 25.6 Å². The van der Waals surface area contributed by atoms with E-state index >= 15 is 0 Å². The first-order chi connectivity index (χ1) is 15.9. The lowest BCUT2D eigenvalue weighted by atomic mass is 10.2. The molecule has 0 spiro atoms. The van der Waals surface area contributed by atoms with Gasteiger partial charge in [-0.25, -0.2) is 4.98 Å². The van der Waals surface area contributed by atoms with Gasteiger partial charge in [0.25, 0.3) is 0 Å². The fourth-order valence-corrected chi connectivity index (χ4v) is 3.39. The molecule has 2 heterocycles. The van der Waals surface area contributed by atoms with Crippen molar-refractivity contribution in [3.8, 4) is 5.75 Å². The van der Waals surface area contributed by atoms with E-state index in [4.69, 9.17) is 4.74 Å². The first-order valence-electron chi connectivity index (χ1n) is 10.4. The molecule has 168 valence electrons. The minimum Gasteiger partial charge on any atom is -0.490 e. The van der Waals surface area contributed by atoms with Crippen molar-refractivity contribution in [3.05, 3.63) is 66.9 Å². The van der Waals surface area contributed by atoms with Crippen LogP contribution in [-0.2, 0) is 9.59 Å². The van der Waals surface area contributed by atoms with Crippen LogP contribution in [0.1, 0.15) is 12.5 Å². The lowest BCUT2D eigenvalue weighted by molar-refractivity contribution is -0.116. The highest BCUT2D eigenvalue weighted by Crippen LogP contribution is 2.35. The van der Waals surface area contributed by atoms with Gasteiger partial charge in [-0.3, -0.25) is 9.59 Å². The molecule has 33 heavy (non-hydrogen) atoms. The number of nitrogens with zero attached hydrogens (tertiary/aromatic N) is 3. The minimum absolute atomic E-state index is 0.0405. The molecule has 0 saturated heterocycles. The van der Waals surface area contributed by atoms with Gasteiger partial charge in [-0.1, -0.05) is 12.6 Å². The van der Waals surface area contributed by atoms with E-state index in [1.807, 2.05) is 37.3 Å². The van der Waals surface area contributed by atoms with E-state index in [1.54, 1.807) is 23.2 Å². The monoisotopic (exact) mass is 444 g/mol. The Bertz CT molecular complexity index is 1230. The van der Waals surface area contributed by atoms with E-state index < -0.39 is 0 Å². The molecule has 1 aliphatic heterocycles. The summed E-state index contributed by atoms with van der Waals surface area (Å²) in [5.74, 6) is 1.35. The first kappa shape index (κ1) is 21.8. The van der Waals surface area contributed by atoms with Crippen LogP contribution in [0.3, 0.4) is 0 Å². The normalized spacial score (nSPS) is 12.2. The quantitative estimate of drug-likeness (QED) is 0.490. The van der Waals surface area contributed by atoms with Crippen molar-refractivity contribution < 1.29 is 14.3 Å². The van der Waals surface area contributed by atoms with Gasteiger partial charge >= 0.3 is 0 Å². The molecule has 9 nitrogen and oxygen atoms in total. The number of ether oxygens (including phenoxy) is 1. The Morgan fingerprint density at radius 2 is 1.91 bits per heavy atom. The third kappa shape index (κ3) is 5.09. The number of amides is 2. The predicted molar refractivity (Wildman–Crippen MR) is 129 cm³/mol. The average Bonchev–Trinajstić information content (AvgIpc) is 2.81. The summed E-state index contributed by atoms with van der Waals surface area (Å²) in [6, 6.07) is 12.8. The van der Waals surface area contributed by atoms with E-state index in [9.17, 15) is 9.59 Å². The van der Waals surface area contributed by atoms with Crippen molar-refractivity contribution in [1.29, 1.82) is 0 Å². The van der Waals surface area contributed by atoms with E-state index in [-0.39, 0.29) is 11.8 Å². The lowest BCUT2D eigenvalue weighted by Crippen LogP contribution is -2.36. The number of hydrogen-bond acceptors (Lipinski definition) is 7. The topological polar surface area (TPSA) is 108 Å². The molecule has 0 fully saturated rings. The van der Waals surface area contributed by atoms with Crippen LogP contribution >= 0.6 is 0 Å². The van der Waals surface area contributed by atoms with Gasteiger partial charge in [0.2, 0.25) is 17.8 Å². The van der Waals surface area contributed by atoms with E-state index in [0.717, 1.165) is 16.9 Å². The zero-order valence-electron chi connectivity index (χ0n) is 18.4. The number of anilines is 6. The minimum atomic E-state index is -0.282. The number of hydrogen-bond donors (Lipinski definition) is 3. The summed E-state index contributed by atoms with van der Waals surface area (Å²) in [6.07, 6.45) is 2.93. The van der Waals surface area contributed by atoms with Crippen LogP contribution in [0.15, 0.2) is 61.3 Å². The van der Waals surface area contributed by atoms with Gasteiger partial charge in [0.1, 0.15) is 18.2 Å². The number of benzene rings is 2. The summed E-state index contributed by atoms with van der Waals surface area (Å²) in [4.78, 5) is 34.2. The second kappa shape index (κ2) is 9.39. The number of carbonyl (C=O) groups excluding carboxylic acids is 2. The van der Waals surface area contributed by atoms with Gasteiger partial charge in [-0.2, -0.15) is 4.98 Å². The Kier molecular flexibility index (Phi) is 6.21. The standard InChI is InChI=1S/C24H24N6O3/c1-4-22(32)26-17-6-5-7-18(12-17)27-23-15(2)14-25-24(29-23)28-19-8-9-21-20(13-19)30(16(3)31)10-11-33-21/h4-9,12-14H,1,10-11H2,2-3H3,(H,26,32)(H2,25,27,28,29). The van der Waals surface area contributed by atoms with E-state index in [2.05, 4.69) is 32.5 Å². The van der Waals surface area contributed by atoms with Gasteiger partial charge in [0, 0.05) is 35.7 Å². The maximum absolute atomic E-state index is 12.0. The smallest absolute Gasteiger partial charge is 0.247 e. The number of aromatic nitrogens is 2. The molecule has 0 saturated carbocycles. The highest BCUT2D eigenvalue weighted by molar-refractivity contribution is 5.99. The van der Waals surface area contributed by atoms with Crippen LogP contribution in [0.5, 0.6) is 5.75 Å². The van der Waals surface area contributed by atoms with Crippen LogP contribution < -0.4 is 25.6 Å². The highest BCUT2D eigenvalue weighted by Gasteiger charge is 2.21. The van der Waals surface area contributed by atoms with Crippen molar-refractivity contribution in [3.63, 3.8) is 0 Å². The Hall–Kier alpha value is -4.40. The van der Waals surface area contributed by atoms with Gasteiger partial charge in [-0.15, -0.1) is 0 Å². The SMILES string of the molecule is C=CC(=O)Nc1cccc(Nc2nc(Nc3ccc4c(c3)N(C(C)=O)CCO4)ncc2C)c1. The second-order valence-electron chi connectivity index (χ2n) is 7.45. The van der Waals surface area contributed by atoms with Crippen LogP contribution in [0.2, 0.25) is 0 Å². The zero-order chi connectivity index (χ0) is 23.4. The third-order valence-corrected chi connectivity index (χ3v) is 5.01. The number of aryl methyl sites for hydroxylation is 1. The summed E-state index contributed by atoms with van der Waals surface area (Å²) in [7, 11) is 0. The molecular weight excluding hydrogens is 420 g/mol. The fourth-order valence-electron chi connectivity index (χ4n) is 3.39. The summed E-state index contributed by atoms with van der Waals surface area (Å²) in [6.45, 7) is 7.87. The molecule has 0 aliphatic carbocycles. The molecule has 3 aromatic rings. The van der Waals surface area contributed by atoms with Crippen LogP contribution in [0.4, 0.5) is 34.5 Å². The maximum Gasteiger partial charge on any atom is 0.247 e. The number of nitrogens with one attached hydrogen (secondary N) is 3. The molecule has 2 amide bonds. The van der Waals surface area contributed by atoms with E-state index in [0.29, 0.717) is 42.0 Å². The molecule has 0 unspecified atom stereocenters. The van der Waals surface area contributed by atoms with E-state index in [1.165, 1.54) is 13.0 Å². The Morgan fingerprint density at radius 1 is 1.12 bits per heavy atom. The number of fused-ring (bicyclic) bond motifs is 1. The van der Waals surface area contributed by atoms with Crippen molar-refractivity contribution in [2.45, 2.75) is 13.8 Å². The second-order valence-corrected chi connectivity index (χ2v) is 7.45. The van der Waals surface area contributed by atoms with Crippen molar-refractivity contribution in [2.75, 3.05) is 34.0 Å². The Balaban J connectivity index is 1.54. The van der Waals surface area contributed by atoms with Crippen molar-refractivity contribution in [2.24, 2.45) is 0 Å².